The molecule has 4 atom stereocenters. The van der Waals surface area contributed by atoms with Crippen molar-refractivity contribution in [1.29, 1.82) is 0 Å². The molecule has 0 radical (unpaired) electrons. The third-order valence-electron chi connectivity index (χ3n) is 10.0. The number of rotatable bonds is 42. The van der Waals surface area contributed by atoms with Crippen molar-refractivity contribution in [2.45, 2.75) is 225 Å². The molecular formula is C45H87N2O7P. The Hall–Kier alpha value is -1.32. The van der Waals surface area contributed by atoms with Gasteiger partial charge in [-0.25, -0.2) is 4.57 Å². The average Bonchev–Trinajstić information content (AvgIpc) is 3.16. The van der Waals surface area contributed by atoms with Gasteiger partial charge < -0.3 is 26.2 Å². The summed E-state index contributed by atoms with van der Waals surface area (Å²) in [4.78, 5) is 22.8. The van der Waals surface area contributed by atoms with Crippen molar-refractivity contribution in [3.63, 3.8) is 0 Å². The van der Waals surface area contributed by atoms with Crippen LogP contribution in [0.2, 0.25) is 0 Å². The summed E-state index contributed by atoms with van der Waals surface area (Å²) in [5.41, 5.74) is 5.36. The van der Waals surface area contributed by atoms with Crippen LogP contribution >= 0.6 is 7.82 Å². The Morgan fingerprint density at radius 2 is 1.04 bits per heavy atom. The molecule has 0 heterocycles. The van der Waals surface area contributed by atoms with Gasteiger partial charge in [-0.1, -0.05) is 192 Å². The second kappa shape index (κ2) is 40.9. The maximum Gasteiger partial charge on any atom is 0.472 e. The second-order valence-corrected chi connectivity index (χ2v) is 16.9. The molecule has 324 valence electrons. The molecule has 0 fully saturated rings. The third kappa shape index (κ3) is 39.3. The van der Waals surface area contributed by atoms with Crippen molar-refractivity contribution in [2.75, 3.05) is 19.8 Å². The van der Waals surface area contributed by atoms with Gasteiger partial charge in [0.1, 0.15) is 0 Å². The number of allylic oxidation sites excluding steroid dienone is 5. The lowest BCUT2D eigenvalue weighted by atomic mass is 10.0. The first kappa shape index (κ1) is 53.7. The normalized spacial score (nSPS) is 14.9. The molecule has 0 aromatic rings. The van der Waals surface area contributed by atoms with Crippen molar-refractivity contribution in [1.82, 2.24) is 5.32 Å². The van der Waals surface area contributed by atoms with E-state index in [1.54, 1.807) is 6.08 Å². The Morgan fingerprint density at radius 1 is 0.618 bits per heavy atom. The van der Waals surface area contributed by atoms with E-state index < -0.39 is 38.6 Å². The van der Waals surface area contributed by atoms with Crippen LogP contribution in [0.3, 0.4) is 0 Å². The average molecular weight is 799 g/mol. The van der Waals surface area contributed by atoms with Gasteiger partial charge in [0.2, 0.25) is 5.91 Å². The van der Waals surface area contributed by atoms with E-state index in [0.29, 0.717) is 12.8 Å². The minimum Gasteiger partial charge on any atom is -0.393 e. The van der Waals surface area contributed by atoms with Crippen molar-refractivity contribution in [3.8, 4) is 0 Å². The summed E-state index contributed by atoms with van der Waals surface area (Å²) in [6.45, 7) is 3.94. The topological polar surface area (TPSA) is 151 Å². The molecule has 0 saturated heterocycles. The minimum absolute atomic E-state index is 0.0428. The van der Waals surface area contributed by atoms with Gasteiger partial charge in [0.25, 0.3) is 0 Å². The molecule has 0 aromatic heterocycles. The molecule has 0 aliphatic carbocycles. The zero-order valence-corrected chi connectivity index (χ0v) is 36.4. The van der Waals surface area contributed by atoms with Crippen molar-refractivity contribution in [3.05, 3.63) is 36.5 Å². The van der Waals surface area contributed by atoms with Crippen molar-refractivity contribution in [2.24, 2.45) is 5.73 Å². The van der Waals surface area contributed by atoms with Gasteiger partial charge in [0, 0.05) is 6.54 Å². The number of hydrogen-bond donors (Lipinski definition) is 5. The van der Waals surface area contributed by atoms with E-state index in [1.807, 2.05) is 6.08 Å². The standard InChI is InChI=1S/C45H87N2O7P/c1-3-5-7-9-11-13-15-17-19-20-21-23-24-26-28-30-32-34-36-42(48)40-45(50)47-43(41-54-55(51,52)53-39-38-46)44(49)37-35-33-31-29-27-25-22-18-16-14-12-10-8-6-4-2/h16,18,27,29,35,37,42-44,48-49H,3-15,17,19-26,28,30-34,36,38-41,46H2,1-2H3,(H,47,50)(H,51,52)/b18-16+,29-27+,37-35+. The van der Waals surface area contributed by atoms with Crippen LogP contribution < -0.4 is 11.1 Å². The number of phosphoric acid groups is 1. The first-order chi connectivity index (χ1) is 26.8. The number of carbonyl (C=O) groups excluding carboxylic acids is 1. The maximum absolute atomic E-state index is 12.8. The molecule has 0 rings (SSSR count). The number of nitrogens with two attached hydrogens (primary N) is 1. The molecule has 1 amide bonds. The van der Waals surface area contributed by atoms with Crippen LogP contribution in [0.25, 0.3) is 0 Å². The summed E-state index contributed by atoms with van der Waals surface area (Å²) in [7, 11) is -4.41. The van der Waals surface area contributed by atoms with Crippen molar-refractivity contribution < 1.29 is 33.5 Å². The zero-order valence-electron chi connectivity index (χ0n) is 35.5. The maximum atomic E-state index is 12.8. The van der Waals surface area contributed by atoms with Gasteiger partial charge >= 0.3 is 7.82 Å². The van der Waals surface area contributed by atoms with Crippen LogP contribution in [0.4, 0.5) is 0 Å². The number of carbonyl (C=O) groups is 1. The van der Waals surface area contributed by atoms with Crippen LogP contribution in [-0.2, 0) is 18.4 Å². The Morgan fingerprint density at radius 3 is 1.51 bits per heavy atom. The quantitative estimate of drug-likeness (QED) is 0.0233. The highest BCUT2D eigenvalue weighted by molar-refractivity contribution is 7.47. The van der Waals surface area contributed by atoms with E-state index in [1.165, 1.54) is 128 Å². The molecule has 0 spiro atoms. The van der Waals surface area contributed by atoms with Crippen LogP contribution in [0, 0.1) is 0 Å². The van der Waals surface area contributed by atoms with Gasteiger partial charge in [-0.2, -0.15) is 0 Å². The first-order valence-electron chi connectivity index (χ1n) is 22.7. The van der Waals surface area contributed by atoms with E-state index in [4.69, 9.17) is 14.8 Å². The Bertz CT molecular complexity index is 977. The lowest BCUT2D eigenvalue weighted by Crippen LogP contribution is -2.46. The largest absolute Gasteiger partial charge is 0.472 e. The van der Waals surface area contributed by atoms with Gasteiger partial charge in [0.05, 0.1) is 37.9 Å². The lowest BCUT2D eigenvalue weighted by molar-refractivity contribution is -0.124. The molecule has 4 unspecified atom stereocenters. The second-order valence-electron chi connectivity index (χ2n) is 15.4. The highest BCUT2D eigenvalue weighted by Crippen LogP contribution is 2.43. The first-order valence-corrected chi connectivity index (χ1v) is 24.2. The summed E-state index contributed by atoms with van der Waals surface area (Å²) in [5, 5.41) is 24.0. The summed E-state index contributed by atoms with van der Waals surface area (Å²) in [6, 6.07) is -1.00. The van der Waals surface area contributed by atoms with E-state index >= 15 is 0 Å². The molecule has 6 N–H and O–H groups in total. The number of amides is 1. The SMILES string of the molecule is CCCCCCC/C=C/CC/C=C/CC/C=C/C(O)C(COP(=O)(O)OCCN)NC(=O)CC(O)CCCCCCCCCCCCCCCCCCCC. The number of aliphatic hydroxyl groups excluding tert-OH is 2. The zero-order chi connectivity index (χ0) is 40.5. The van der Waals surface area contributed by atoms with Crippen LogP contribution in [0.5, 0.6) is 0 Å². The van der Waals surface area contributed by atoms with Crippen LogP contribution in [-0.4, -0.2) is 59.0 Å². The fourth-order valence-electron chi connectivity index (χ4n) is 6.56. The van der Waals surface area contributed by atoms with E-state index in [-0.39, 0.29) is 19.6 Å². The molecule has 0 bridgehead atoms. The highest BCUT2D eigenvalue weighted by Gasteiger charge is 2.27. The van der Waals surface area contributed by atoms with Crippen LogP contribution in [0.1, 0.15) is 206 Å². The van der Waals surface area contributed by atoms with Gasteiger partial charge in [-0.3, -0.25) is 13.8 Å². The number of unbranched alkanes of at least 4 members (excludes halogenated alkanes) is 24. The smallest absolute Gasteiger partial charge is 0.393 e. The Kier molecular flexibility index (Phi) is 39.9. The van der Waals surface area contributed by atoms with Gasteiger partial charge in [-0.05, 0) is 44.9 Å². The predicted octanol–water partition coefficient (Wildman–Crippen LogP) is 11.7. The molecule has 9 nitrogen and oxygen atoms in total. The van der Waals surface area contributed by atoms with E-state index in [2.05, 4.69) is 43.5 Å². The Balaban J connectivity index is 4.32. The molecule has 55 heavy (non-hydrogen) atoms. The number of hydrogen-bond acceptors (Lipinski definition) is 7. The predicted molar refractivity (Wildman–Crippen MR) is 232 cm³/mol. The number of phosphoric ester groups is 1. The Labute approximate surface area is 338 Å². The molecule has 0 aromatic carbocycles. The number of aliphatic hydroxyl groups is 2. The lowest BCUT2D eigenvalue weighted by Gasteiger charge is -2.24. The monoisotopic (exact) mass is 799 g/mol. The molecule has 10 heteroatoms. The minimum atomic E-state index is -4.41. The van der Waals surface area contributed by atoms with E-state index in [0.717, 1.165) is 44.9 Å². The highest BCUT2D eigenvalue weighted by atomic mass is 31.2. The summed E-state index contributed by atoms with van der Waals surface area (Å²) >= 11 is 0. The fourth-order valence-corrected chi connectivity index (χ4v) is 7.32. The van der Waals surface area contributed by atoms with E-state index in [9.17, 15) is 24.5 Å². The molecular weight excluding hydrogens is 711 g/mol. The summed E-state index contributed by atoms with van der Waals surface area (Å²) in [6.07, 6.45) is 45.2. The van der Waals surface area contributed by atoms with Crippen molar-refractivity contribution >= 4 is 13.7 Å². The van der Waals surface area contributed by atoms with Crippen LogP contribution in [0.15, 0.2) is 36.5 Å². The third-order valence-corrected chi connectivity index (χ3v) is 11.0. The molecule has 0 aliphatic heterocycles. The molecule has 0 aliphatic rings. The van der Waals surface area contributed by atoms with Gasteiger partial charge in [-0.15, -0.1) is 0 Å². The fraction of sp³-hybridized carbons (Fsp3) is 0.844. The summed E-state index contributed by atoms with van der Waals surface area (Å²) < 4.78 is 22.1. The number of nitrogens with one attached hydrogen (secondary N) is 1. The summed E-state index contributed by atoms with van der Waals surface area (Å²) in [5.74, 6) is -0.458. The van der Waals surface area contributed by atoms with Gasteiger partial charge in [0.15, 0.2) is 0 Å². The molecule has 0 saturated carbocycles.